The summed E-state index contributed by atoms with van der Waals surface area (Å²) in [5.74, 6) is 0.124. The van der Waals surface area contributed by atoms with Gasteiger partial charge in [0, 0.05) is 17.1 Å². The SMILES string of the molecule is NCc1ccc(OCc2ccccc2Cl)cc1C(F)(F)F. The van der Waals surface area contributed by atoms with E-state index in [1.807, 2.05) is 0 Å². The normalized spacial score (nSPS) is 11.5. The molecule has 21 heavy (non-hydrogen) atoms. The fraction of sp³-hybridized carbons (Fsp3) is 0.200. The van der Waals surface area contributed by atoms with Crippen molar-refractivity contribution in [3.63, 3.8) is 0 Å². The lowest BCUT2D eigenvalue weighted by atomic mass is 10.1. The second-order valence-electron chi connectivity index (χ2n) is 4.40. The molecule has 2 nitrogen and oxygen atoms in total. The molecule has 112 valence electrons. The molecule has 2 aromatic rings. The van der Waals surface area contributed by atoms with Crippen LogP contribution in [0.15, 0.2) is 42.5 Å². The van der Waals surface area contributed by atoms with Crippen LogP contribution in [0.2, 0.25) is 5.02 Å². The largest absolute Gasteiger partial charge is 0.489 e. The van der Waals surface area contributed by atoms with Gasteiger partial charge < -0.3 is 10.5 Å². The summed E-state index contributed by atoms with van der Waals surface area (Å²) in [5.41, 5.74) is 5.29. The van der Waals surface area contributed by atoms with E-state index in [4.69, 9.17) is 22.1 Å². The van der Waals surface area contributed by atoms with Crippen LogP contribution in [-0.4, -0.2) is 0 Å². The first-order chi connectivity index (χ1) is 9.91. The molecule has 2 aromatic carbocycles. The van der Waals surface area contributed by atoms with Crippen LogP contribution in [0.25, 0.3) is 0 Å². The van der Waals surface area contributed by atoms with Crippen LogP contribution in [-0.2, 0) is 19.3 Å². The first-order valence-electron chi connectivity index (χ1n) is 6.18. The van der Waals surface area contributed by atoms with Gasteiger partial charge in [-0.1, -0.05) is 35.9 Å². The van der Waals surface area contributed by atoms with Crippen molar-refractivity contribution in [1.29, 1.82) is 0 Å². The molecule has 0 unspecified atom stereocenters. The van der Waals surface area contributed by atoms with Crippen molar-refractivity contribution in [1.82, 2.24) is 0 Å². The molecule has 0 amide bonds. The van der Waals surface area contributed by atoms with Gasteiger partial charge in [-0.3, -0.25) is 0 Å². The van der Waals surface area contributed by atoms with Crippen molar-refractivity contribution >= 4 is 11.6 Å². The molecule has 6 heteroatoms. The molecular formula is C15H13ClF3NO. The summed E-state index contributed by atoms with van der Waals surface area (Å²) in [7, 11) is 0. The Morgan fingerprint density at radius 2 is 1.76 bits per heavy atom. The zero-order valence-corrected chi connectivity index (χ0v) is 11.7. The number of hydrogen-bond acceptors (Lipinski definition) is 2. The lowest BCUT2D eigenvalue weighted by Gasteiger charge is -2.14. The quantitative estimate of drug-likeness (QED) is 0.907. The molecule has 0 aliphatic rings. The summed E-state index contributed by atoms with van der Waals surface area (Å²) >= 11 is 5.97. The molecule has 0 spiro atoms. The highest BCUT2D eigenvalue weighted by atomic mass is 35.5. The first-order valence-corrected chi connectivity index (χ1v) is 6.56. The Balaban J connectivity index is 2.20. The molecule has 0 saturated heterocycles. The van der Waals surface area contributed by atoms with Gasteiger partial charge >= 0.3 is 6.18 Å². The number of nitrogens with two attached hydrogens (primary N) is 1. The highest BCUT2D eigenvalue weighted by Crippen LogP contribution is 2.34. The highest BCUT2D eigenvalue weighted by molar-refractivity contribution is 6.31. The van der Waals surface area contributed by atoms with Crippen molar-refractivity contribution < 1.29 is 17.9 Å². The third-order valence-electron chi connectivity index (χ3n) is 2.96. The predicted octanol–water partition coefficient (Wildman–Crippen LogP) is 4.40. The van der Waals surface area contributed by atoms with Crippen LogP contribution < -0.4 is 10.5 Å². The molecule has 0 aliphatic carbocycles. The average molecular weight is 316 g/mol. The van der Waals surface area contributed by atoms with Gasteiger partial charge in [-0.15, -0.1) is 0 Å². The smallest absolute Gasteiger partial charge is 0.416 e. The number of ether oxygens (including phenoxy) is 1. The zero-order chi connectivity index (χ0) is 15.5. The van der Waals surface area contributed by atoms with Crippen LogP contribution in [0.4, 0.5) is 13.2 Å². The molecule has 0 atom stereocenters. The van der Waals surface area contributed by atoms with Gasteiger partial charge in [-0.2, -0.15) is 13.2 Å². The van der Waals surface area contributed by atoms with E-state index in [2.05, 4.69) is 0 Å². The maximum atomic E-state index is 12.9. The van der Waals surface area contributed by atoms with Crippen LogP contribution >= 0.6 is 11.6 Å². The molecule has 0 heterocycles. The highest BCUT2D eigenvalue weighted by Gasteiger charge is 2.33. The molecule has 0 saturated carbocycles. The van der Waals surface area contributed by atoms with Crippen molar-refractivity contribution in [2.45, 2.75) is 19.3 Å². The lowest BCUT2D eigenvalue weighted by Crippen LogP contribution is -2.12. The van der Waals surface area contributed by atoms with Crippen molar-refractivity contribution in [2.75, 3.05) is 0 Å². The number of rotatable bonds is 4. The van der Waals surface area contributed by atoms with Crippen molar-refractivity contribution in [3.8, 4) is 5.75 Å². The monoisotopic (exact) mass is 315 g/mol. The Kier molecular flexibility index (Phi) is 4.75. The Labute approximate surface area is 125 Å². The zero-order valence-electron chi connectivity index (χ0n) is 11.0. The lowest BCUT2D eigenvalue weighted by molar-refractivity contribution is -0.138. The summed E-state index contributed by atoms with van der Waals surface area (Å²) in [6.45, 7) is -0.0847. The third kappa shape index (κ3) is 3.89. The first kappa shape index (κ1) is 15.7. The van der Waals surface area contributed by atoms with Gasteiger partial charge in [0.1, 0.15) is 12.4 Å². The van der Waals surface area contributed by atoms with Crippen LogP contribution in [0.1, 0.15) is 16.7 Å². The minimum absolute atomic E-state index is 0.0348. The summed E-state index contributed by atoms with van der Waals surface area (Å²) in [5, 5.41) is 0.507. The maximum absolute atomic E-state index is 12.9. The Morgan fingerprint density at radius 3 is 2.38 bits per heavy atom. The Bertz CT molecular complexity index is 629. The summed E-state index contributed by atoms with van der Waals surface area (Å²) in [6, 6.07) is 10.7. The number of halogens is 4. The molecular weight excluding hydrogens is 303 g/mol. The van der Waals surface area contributed by atoms with Gasteiger partial charge in [-0.25, -0.2) is 0 Å². The summed E-state index contributed by atoms with van der Waals surface area (Å²) in [6.07, 6.45) is -4.46. The second kappa shape index (κ2) is 6.37. The summed E-state index contributed by atoms with van der Waals surface area (Å²) < 4.78 is 44.1. The average Bonchev–Trinajstić information content (AvgIpc) is 2.45. The van der Waals surface area contributed by atoms with E-state index in [0.29, 0.717) is 10.6 Å². The van der Waals surface area contributed by atoms with E-state index >= 15 is 0 Å². The number of benzene rings is 2. The molecule has 0 bridgehead atoms. The van der Waals surface area contributed by atoms with E-state index in [-0.39, 0.29) is 24.5 Å². The third-order valence-corrected chi connectivity index (χ3v) is 3.33. The van der Waals surface area contributed by atoms with Gasteiger partial charge in [0.15, 0.2) is 0 Å². The molecule has 0 radical (unpaired) electrons. The van der Waals surface area contributed by atoms with E-state index in [1.165, 1.54) is 12.1 Å². The fourth-order valence-electron chi connectivity index (χ4n) is 1.86. The minimum atomic E-state index is -4.46. The molecule has 2 rings (SSSR count). The predicted molar refractivity (Wildman–Crippen MR) is 75.1 cm³/mol. The van der Waals surface area contributed by atoms with Crippen molar-refractivity contribution in [3.05, 3.63) is 64.2 Å². The fourth-order valence-corrected chi connectivity index (χ4v) is 2.05. The van der Waals surface area contributed by atoms with E-state index < -0.39 is 11.7 Å². The van der Waals surface area contributed by atoms with Crippen molar-refractivity contribution in [2.24, 2.45) is 5.73 Å². The molecule has 0 fully saturated rings. The molecule has 2 N–H and O–H groups in total. The number of hydrogen-bond donors (Lipinski definition) is 1. The van der Waals surface area contributed by atoms with Crippen LogP contribution in [0.3, 0.4) is 0 Å². The standard InChI is InChI=1S/C15H13ClF3NO/c16-14-4-2-1-3-11(14)9-21-12-6-5-10(8-20)13(7-12)15(17,18)19/h1-7H,8-9,20H2. The Morgan fingerprint density at radius 1 is 1.05 bits per heavy atom. The van der Waals surface area contributed by atoms with Crippen LogP contribution in [0, 0.1) is 0 Å². The van der Waals surface area contributed by atoms with E-state index in [9.17, 15) is 13.2 Å². The Hall–Kier alpha value is -1.72. The van der Waals surface area contributed by atoms with Gasteiger partial charge in [0.05, 0.1) is 5.56 Å². The van der Waals surface area contributed by atoms with Crippen LogP contribution in [0.5, 0.6) is 5.75 Å². The van der Waals surface area contributed by atoms with E-state index in [1.54, 1.807) is 24.3 Å². The molecule has 0 aliphatic heterocycles. The van der Waals surface area contributed by atoms with Gasteiger partial charge in [0.2, 0.25) is 0 Å². The number of alkyl halides is 3. The second-order valence-corrected chi connectivity index (χ2v) is 4.81. The molecule has 0 aromatic heterocycles. The van der Waals surface area contributed by atoms with Gasteiger partial charge in [0.25, 0.3) is 0 Å². The van der Waals surface area contributed by atoms with Gasteiger partial charge in [-0.05, 0) is 23.8 Å². The topological polar surface area (TPSA) is 35.2 Å². The minimum Gasteiger partial charge on any atom is -0.489 e. The summed E-state index contributed by atoms with van der Waals surface area (Å²) in [4.78, 5) is 0. The maximum Gasteiger partial charge on any atom is 0.416 e. The van der Waals surface area contributed by atoms with E-state index in [0.717, 1.165) is 6.07 Å².